The third kappa shape index (κ3) is 4.49. The van der Waals surface area contributed by atoms with Gasteiger partial charge in [-0.05, 0) is 61.7 Å². The van der Waals surface area contributed by atoms with Crippen LogP contribution in [0.4, 0.5) is 0 Å². The molecular weight excluding hydrogens is 384 g/mol. The zero-order valence-electron chi connectivity index (χ0n) is 16.5. The maximum atomic E-state index is 12.3. The maximum Gasteiger partial charge on any atom is 0.261 e. The molecule has 0 bridgehead atoms. The highest BCUT2D eigenvalue weighted by Crippen LogP contribution is 2.37. The number of rotatable bonds is 9. The monoisotopic (exact) mass is 410 g/mol. The minimum Gasteiger partial charge on any atom is -0.491 e. The first-order chi connectivity index (χ1) is 14.3. The number of thioether (sulfide) groups is 1. The standard InChI is InChI=1S/C23H26N2O3S/c26-22-18-9-1-2-10-19(18)23(27)25(22)14-4-3-12-24-13-15-28-20-11-5-7-17-8-6-16-29-21(17)20/h1-2,5,7,9-11,24H,3-4,6,8,12-16H2. The van der Waals surface area contributed by atoms with Crippen LogP contribution in [0, 0.1) is 0 Å². The van der Waals surface area contributed by atoms with Crippen molar-refractivity contribution in [2.75, 3.05) is 32.0 Å². The molecule has 0 aromatic heterocycles. The molecule has 0 fully saturated rings. The van der Waals surface area contributed by atoms with Crippen molar-refractivity contribution in [3.63, 3.8) is 0 Å². The first-order valence-electron chi connectivity index (χ1n) is 10.3. The number of fused-ring (bicyclic) bond motifs is 2. The summed E-state index contributed by atoms with van der Waals surface area (Å²) >= 11 is 1.89. The number of hydrogen-bond acceptors (Lipinski definition) is 5. The number of benzene rings is 2. The van der Waals surface area contributed by atoms with Crippen LogP contribution in [0.1, 0.15) is 45.5 Å². The summed E-state index contributed by atoms with van der Waals surface area (Å²) in [7, 11) is 0. The van der Waals surface area contributed by atoms with Crippen molar-refractivity contribution in [3.05, 3.63) is 59.2 Å². The summed E-state index contributed by atoms with van der Waals surface area (Å²) in [6.07, 6.45) is 4.08. The first kappa shape index (κ1) is 20.0. The van der Waals surface area contributed by atoms with Crippen LogP contribution in [-0.4, -0.2) is 48.7 Å². The molecule has 152 valence electrons. The number of nitrogens with one attached hydrogen (secondary N) is 1. The van der Waals surface area contributed by atoms with Crippen LogP contribution in [0.25, 0.3) is 0 Å². The highest BCUT2D eigenvalue weighted by atomic mass is 32.2. The summed E-state index contributed by atoms with van der Waals surface area (Å²) in [5.41, 5.74) is 2.45. The van der Waals surface area contributed by atoms with E-state index in [9.17, 15) is 9.59 Å². The summed E-state index contributed by atoms with van der Waals surface area (Å²) in [6, 6.07) is 13.4. The molecule has 2 heterocycles. The molecule has 29 heavy (non-hydrogen) atoms. The zero-order chi connectivity index (χ0) is 20.1. The highest BCUT2D eigenvalue weighted by molar-refractivity contribution is 7.99. The van der Waals surface area contributed by atoms with E-state index in [-0.39, 0.29) is 11.8 Å². The second kappa shape index (κ2) is 9.46. The van der Waals surface area contributed by atoms with E-state index in [2.05, 4.69) is 23.5 Å². The SMILES string of the molecule is O=C1c2ccccc2C(=O)N1CCCCNCCOc1cccc2c1SCCC2. The lowest BCUT2D eigenvalue weighted by atomic mass is 10.1. The Hall–Kier alpha value is -2.31. The van der Waals surface area contributed by atoms with Gasteiger partial charge in [0, 0.05) is 13.1 Å². The van der Waals surface area contributed by atoms with Gasteiger partial charge < -0.3 is 10.1 Å². The molecule has 0 saturated heterocycles. The molecule has 0 aliphatic carbocycles. The number of nitrogens with zero attached hydrogens (tertiary/aromatic N) is 1. The van der Waals surface area contributed by atoms with Crippen molar-refractivity contribution in [3.8, 4) is 5.75 Å². The van der Waals surface area contributed by atoms with Crippen LogP contribution in [0.15, 0.2) is 47.4 Å². The summed E-state index contributed by atoms with van der Waals surface area (Å²) in [5.74, 6) is 1.82. The van der Waals surface area contributed by atoms with Crippen molar-refractivity contribution in [2.45, 2.75) is 30.6 Å². The minimum absolute atomic E-state index is 0.170. The molecule has 4 rings (SSSR count). The number of carbonyl (C=O) groups is 2. The van der Waals surface area contributed by atoms with Crippen molar-refractivity contribution >= 4 is 23.6 Å². The lowest BCUT2D eigenvalue weighted by molar-refractivity contribution is 0.0651. The summed E-state index contributed by atoms with van der Waals surface area (Å²) < 4.78 is 5.98. The van der Waals surface area contributed by atoms with Crippen molar-refractivity contribution in [2.24, 2.45) is 0 Å². The quantitative estimate of drug-likeness (QED) is 0.504. The first-order valence-corrected chi connectivity index (χ1v) is 11.3. The van der Waals surface area contributed by atoms with Crippen LogP contribution in [0.5, 0.6) is 5.75 Å². The molecule has 2 aromatic carbocycles. The Morgan fingerprint density at radius 2 is 1.76 bits per heavy atom. The zero-order valence-corrected chi connectivity index (χ0v) is 17.3. The van der Waals surface area contributed by atoms with Gasteiger partial charge >= 0.3 is 0 Å². The molecule has 1 N–H and O–H groups in total. The average Bonchev–Trinajstić information content (AvgIpc) is 3.00. The fourth-order valence-electron chi connectivity index (χ4n) is 3.79. The van der Waals surface area contributed by atoms with Crippen LogP contribution >= 0.6 is 11.8 Å². The Morgan fingerprint density at radius 3 is 2.55 bits per heavy atom. The second-order valence-electron chi connectivity index (χ2n) is 7.31. The topological polar surface area (TPSA) is 58.6 Å². The van der Waals surface area contributed by atoms with Gasteiger partial charge in [0.1, 0.15) is 12.4 Å². The Bertz CT molecular complexity index is 864. The van der Waals surface area contributed by atoms with E-state index < -0.39 is 0 Å². The molecule has 0 saturated carbocycles. The number of amides is 2. The van der Waals surface area contributed by atoms with Gasteiger partial charge in [0.2, 0.25) is 0 Å². The number of hydrogen-bond donors (Lipinski definition) is 1. The smallest absolute Gasteiger partial charge is 0.261 e. The third-order valence-electron chi connectivity index (χ3n) is 5.30. The molecule has 2 amide bonds. The van der Waals surface area contributed by atoms with Gasteiger partial charge in [-0.1, -0.05) is 24.3 Å². The number of imide groups is 1. The molecule has 0 atom stereocenters. The second-order valence-corrected chi connectivity index (χ2v) is 8.41. The number of ether oxygens (including phenoxy) is 1. The number of unbranched alkanes of at least 4 members (excludes halogenated alkanes) is 1. The third-order valence-corrected chi connectivity index (χ3v) is 6.54. The van der Waals surface area contributed by atoms with E-state index in [0.29, 0.717) is 24.3 Å². The molecule has 0 radical (unpaired) electrons. The number of aryl methyl sites for hydroxylation is 1. The van der Waals surface area contributed by atoms with E-state index >= 15 is 0 Å². The molecular formula is C23H26N2O3S. The highest BCUT2D eigenvalue weighted by Gasteiger charge is 2.34. The number of carbonyl (C=O) groups excluding carboxylic acids is 2. The molecule has 0 spiro atoms. The van der Waals surface area contributed by atoms with Gasteiger partial charge in [-0.25, -0.2) is 0 Å². The fraction of sp³-hybridized carbons (Fsp3) is 0.391. The Balaban J connectivity index is 1.12. The van der Waals surface area contributed by atoms with Gasteiger partial charge in [0.25, 0.3) is 11.8 Å². The summed E-state index contributed by atoms with van der Waals surface area (Å²) in [5, 5.41) is 3.38. The average molecular weight is 411 g/mol. The van der Waals surface area contributed by atoms with Crippen LogP contribution in [-0.2, 0) is 6.42 Å². The molecule has 0 unspecified atom stereocenters. The van der Waals surface area contributed by atoms with E-state index in [0.717, 1.165) is 38.1 Å². The van der Waals surface area contributed by atoms with E-state index in [1.807, 2.05) is 11.8 Å². The lowest BCUT2D eigenvalue weighted by Crippen LogP contribution is -2.31. The molecule has 6 heteroatoms. The van der Waals surface area contributed by atoms with Gasteiger partial charge in [-0.15, -0.1) is 11.8 Å². The normalized spacial score (nSPS) is 15.4. The van der Waals surface area contributed by atoms with E-state index in [1.165, 1.54) is 27.5 Å². The summed E-state index contributed by atoms with van der Waals surface area (Å²) in [6.45, 7) is 2.73. The molecule has 5 nitrogen and oxygen atoms in total. The lowest BCUT2D eigenvalue weighted by Gasteiger charge is -2.19. The Kier molecular flexibility index (Phi) is 6.52. The predicted octanol–water partition coefficient (Wildman–Crippen LogP) is 3.77. The Labute approximate surface area is 175 Å². The minimum atomic E-state index is -0.170. The van der Waals surface area contributed by atoms with Gasteiger partial charge in [0.15, 0.2) is 0 Å². The van der Waals surface area contributed by atoms with Crippen LogP contribution in [0.3, 0.4) is 0 Å². The van der Waals surface area contributed by atoms with Crippen LogP contribution < -0.4 is 10.1 Å². The molecule has 2 aromatic rings. The van der Waals surface area contributed by atoms with Gasteiger partial charge in [-0.3, -0.25) is 14.5 Å². The fourth-order valence-corrected chi connectivity index (χ4v) is 4.91. The van der Waals surface area contributed by atoms with Gasteiger partial charge in [0.05, 0.1) is 16.0 Å². The van der Waals surface area contributed by atoms with E-state index in [4.69, 9.17) is 4.74 Å². The van der Waals surface area contributed by atoms with Gasteiger partial charge in [-0.2, -0.15) is 0 Å². The largest absolute Gasteiger partial charge is 0.491 e. The summed E-state index contributed by atoms with van der Waals surface area (Å²) in [4.78, 5) is 27.3. The predicted molar refractivity (Wildman–Crippen MR) is 115 cm³/mol. The van der Waals surface area contributed by atoms with Crippen molar-refractivity contribution in [1.29, 1.82) is 0 Å². The van der Waals surface area contributed by atoms with Crippen molar-refractivity contribution < 1.29 is 14.3 Å². The Morgan fingerprint density at radius 1 is 0.966 bits per heavy atom. The van der Waals surface area contributed by atoms with Crippen molar-refractivity contribution in [1.82, 2.24) is 10.2 Å². The molecule has 2 aliphatic rings. The maximum absolute atomic E-state index is 12.3. The van der Waals surface area contributed by atoms with E-state index in [1.54, 1.807) is 24.3 Å². The van der Waals surface area contributed by atoms with Crippen LogP contribution in [0.2, 0.25) is 0 Å². The molecule has 2 aliphatic heterocycles.